The van der Waals surface area contributed by atoms with Crippen LogP contribution in [0.5, 0.6) is 0 Å². The SMILES string of the molecule is C=Cc1ccccc1.CCCCCCN(OCCO)OCCO. The molecule has 0 aliphatic heterocycles. The number of hydrogen-bond donors (Lipinski definition) is 2. The maximum Gasteiger partial charge on any atom is 0.0942 e. The lowest BCUT2D eigenvalue weighted by Gasteiger charge is -2.19. The molecule has 0 saturated carbocycles. The first-order chi connectivity index (χ1) is 11.3. The van der Waals surface area contributed by atoms with Crippen molar-refractivity contribution in [2.24, 2.45) is 0 Å². The molecule has 1 aromatic rings. The molecule has 0 unspecified atom stereocenters. The van der Waals surface area contributed by atoms with Crippen molar-refractivity contribution in [3.8, 4) is 0 Å². The van der Waals surface area contributed by atoms with Gasteiger partial charge in [-0.05, 0) is 12.0 Å². The minimum atomic E-state index is -0.0338. The summed E-state index contributed by atoms with van der Waals surface area (Å²) in [7, 11) is 0. The van der Waals surface area contributed by atoms with Crippen molar-refractivity contribution in [1.82, 2.24) is 5.23 Å². The van der Waals surface area contributed by atoms with E-state index in [0.29, 0.717) is 6.54 Å². The molecule has 0 fully saturated rings. The summed E-state index contributed by atoms with van der Waals surface area (Å²) in [6, 6.07) is 10.0. The third-order valence-corrected chi connectivity index (χ3v) is 2.88. The Morgan fingerprint density at radius 2 is 1.61 bits per heavy atom. The monoisotopic (exact) mass is 325 g/mol. The Bertz CT molecular complexity index is 351. The van der Waals surface area contributed by atoms with Gasteiger partial charge in [0, 0.05) is 0 Å². The maximum absolute atomic E-state index is 8.59. The van der Waals surface area contributed by atoms with E-state index in [2.05, 4.69) is 13.5 Å². The largest absolute Gasteiger partial charge is 0.394 e. The molecule has 0 aliphatic rings. The number of aliphatic hydroxyl groups is 2. The Morgan fingerprint density at radius 1 is 1.00 bits per heavy atom. The van der Waals surface area contributed by atoms with Crippen molar-refractivity contribution in [1.29, 1.82) is 0 Å². The van der Waals surface area contributed by atoms with Gasteiger partial charge in [0.2, 0.25) is 0 Å². The number of aliphatic hydroxyl groups excluding tert-OH is 2. The van der Waals surface area contributed by atoms with Gasteiger partial charge in [-0.2, -0.15) is 0 Å². The molecule has 0 atom stereocenters. The second kappa shape index (κ2) is 17.1. The first-order valence-electron chi connectivity index (χ1n) is 8.21. The first kappa shape index (κ1) is 21.8. The molecule has 1 rings (SSSR count). The Hall–Kier alpha value is -1.24. The van der Waals surface area contributed by atoms with Crippen molar-refractivity contribution in [3.63, 3.8) is 0 Å². The molecule has 1 aromatic carbocycles. The number of hydrogen-bond acceptors (Lipinski definition) is 5. The third kappa shape index (κ3) is 14.1. The van der Waals surface area contributed by atoms with E-state index in [1.54, 1.807) is 0 Å². The average molecular weight is 325 g/mol. The zero-order valence-electron chi connectivity index (χ0n) is 14.2. The molecule has 5 nitrogen and oxygen atoms in total. The van der Waals surface area contributed by atoms with E-state index >= 15 is 0 Å². The molecule has 0 spiro atoms. The van der Waals surface area contributed by atoms with Gasteiger partial charge in [-0.3, -0.25) is 9.68 Å². The van der Waals surface area contributed by atoms with Gasteiger partial charge in [-0.1, -0.05) is 74.4 Å². The number of unbranched alkanes of at least 4 members (excludes halogenated alkanes) is 3. The molecule has 132 valence electrons. The van der Waals surface area contributed by atoms with Gasteiger partial charge in [0.1, 0.15) is 0 Å². The van der Waals surface area contributed by atoms with Crippen molar-refractivity contribution < 1.29 is 19.9 Å². The van der Waals surface area contributed by atoms with Crippen LogP contribution in [-0.4, -0.2) is 48.4 Å². The van der Waals surface area contributed by atoms with E-state index < -0.39 is 0 Å². The lowest BCUT2D eigenvalue weighted by atomic mass is 10.2. The molecule has 0 aliphatic carbocycles. The van der Waals surface area contributed by atoms with E-state index in [1.165, 1.54) is 23.6 Å². The minimum Gasteiger partial charge on any atom is -0.394 e. The van der Waals surface area contributed by atoms with E-state index in [0.717, 1.165) is 12.8 Å². The summed E-state index contributed by atoms with van der Waals surface area (Å²) in [6.45, 7) is 6.83. The van der Waals surface area contributed by atoms with Gasteiger partial charge in [0.25, 0.3) is 0 Å². The zero-order valence-corrected chi connectivity index (χ0v) is 14.2. The maximum atomic E-state index is 8.59. The van der Waals surface area contributed by atoms with E-state index in [1.807, 2.05) is 36.4 Å². The topological polar surface area (TPSA) is 62.2 Å². The highest BCUT2D eigenvalue weighted by atomic mass is 16.9. The van der Waals surface area contributed by atoms with Crippen LogP contribution in [0.4, 0.5) is 0 Å². The van der Waals surface area contributed by atoms with Crippen LogP contribution in [0.15, 0.2) is 36.9 Å². The fraction of sp³-hybridized carbons (Fsp3) is 0.556. The number of rotatable bonds is 12. The molecule has 0 heterocycles. The molecule has 2 N–H and O–H groups in total. The van der Waals surface area contributed by atoms with Crippen LogP contribution >= 0.6 is 0 Å². The Balaban J connectivity index is 0.000000502. The highest BCUT2D eigenvalue weighted by Gasteiger charge is 2.04. The number of benzene rings is 1. The Morgan fingerprint density at radius 3 is 2.04 bits per heavy atom. The Kier molecular flexibility index (Phi) is 16.2. The van der Waals surface area contributed by atoms with Gasteiger partial charge in [-0.15, -0.1) is 0 Å². The number of nitrogens with zero attached hydrogens (tertiary/aromatic N) is 1. The van der Waals surface area contributed by atoms with Gasteiger partial charge in [-0.25, -0.2) is 0 Å². The van der Waals surface area contributed by atoms with Crippen LogP contribution in [0.2, 0.25) is 0 Å². The summed E-state index contributed by atoms with van der Waals surface area (Å²) in [6.07, 6.45) is 6.35. The van der Waals surface area contributed by atoms with Crippen LogP contribution in [0.25, 0.3) is 6.08 Å². The summed E-state index contributed by atoms with van der Waals surface area (Å²) in [5.41, 5.74) is 1.17. The molecule has 0 amide bonds. The molecule has 0 saturated heterocycles. The predicted octanol–water partition coefficient (Wildman–Crippen LogP) is 3.05. The summed E-state index contributed by atoms with van der Waals surface area (Å²) < 4.78 is 0. The summed E-state index contributed by atoms with van der Waals surface area (Å²) in [5, 5.41) is 18.5. The smallest absolute Gasteiger partial charge is 0.0942 e. The summed E-state index contributed by atoms with van der Waals surface area (Å²) >= 11 is 0. The second-order valence-corrected chi connectivity index (χ2v) is 4.85. The highest BCUT2D eigenvalue weighted by Crippen LogP contribution is 2.02. The molecule has 0 aromatic heterocycles. The third-order valence-electron chi connectivity index (χ3n) is 2.88. The van der Waals surface area contributed by atoms with Crippen LogP contribution in [-0.2, 0) is 9.68 Å². The summed E-state index contributed by atoms with van der Waals surface area (Å²) in [5.74, 6) is 0. The lowest BCUT2D eigenvalue weighted by molar-refractivity contribution is -0.371. The van der Waals surface area contributed by atoms with E-state index in [9.17, 15) is 0 Å². The standard InChI is InChI=1S/C10H23NO4.C8H8/c1-2-3-4-5-6-11(14-9-7-12)15-10-8-13;1-2-8-6-4-3-5-7-8/h12-13H,2-10H2,1H3;2-7H,1H2. The molecule has 0 radical (unpaired) electrons. The zero-order chi connectivity index (χ0) is 17.2. The molecule has 0 bridgehead atoms. The lowest BCUT2D eigenvalue weighted by Crippen LogP contribution is -2.28. The van der Waals surface area contributed by atoms with Gasteiger partial charge >= 0.3 is 0 Å². The fourth-order valence-electron chi connectivity index (χ4n) is 1.71. The van der Waals surface area contributed by atoms with Crippen molar-refractivity contribution in [2.45, 2.75) is 32.6 Å². The van der Waals surface area contributed by atoms with Crippen molar-refractivity contribution in [3.05, 3.63) is 42.5 Å². The molecule has 5 heteroatoms. The predicted molar refractivity (Wildman–Crippen MR) is 93.5 cm³/mol. The van der Waals surface area contributed by atoms with Gasteiger partial charge < -0.3 is 10.2 Å². The normalized spacial score (nSPS) is 10.3. The molecular weight excluding hydrogens is 294 g/mol. The summed E-state index contributed by atoms with van der Waals surface area (Å²) in [4.78, 5) is 10.2. The van der Waals surface area contributed by atoms with E-state index in [4.69, 9.17) is 19.9 Å². The molecular formula is C18H31NO4. The van der Waals surface area contributed by atoms with Crippen LogP contribution in [0.1, 0.15) is 38.2 Å². The van der Waals surface area contributed by atoms with Crippen molar-refractivity contribution in [2.75, 3.05) is 33.0 Å². The van der Waals surface area contributed by atoms with Crippen molar-refractivity contribution >= 4 is 6.08 Å². The van der Waals surface area contributed by atoms with Gasteiger partial charge in [0.05, 0.1) is 33.0 Å². The van der Waals surface area contributed by atoms with E-state index in [-0.39, 0.29) is 26.4 Å². The van der Waals surface area contributed by atoms with Gasteiger partial charge in [0.15, 0.2) is 0 Å². The second-order valence-electron chi connectivity index (χ2n) is 4.85. The van der Waals surface area contributed by atoms with Crippen LogP contribution < -0.4 is 0 Å². The minimum absolute atomic E-state index is 0.0338. The Labute approximate surface area is 140 Å². The fourth-order valence-corrected chi connectivity index (χ4v) is 1.71. The molecule has 23 heavy (non-hydrogen) atoms. The number of hydroxylamine groups is 2. The average Bonchev–Trinajstić information content (AvgIpc) is 2.61. The quantitative estimate of drug-likeness (QED) is 0.457. The highest BCUT2D eigenvalue weighted by molar-refractivity contribution is 5.45. The van der Waals surface area contributed by atoms with Crippen LogP contribution in [0.3, 0.4) is 0 Å². The first-order valence-corrected chi connectivity index (χ1v) is 8.21. The van der Waals surface area contributed by atoms with Crippen LogP contribution in [0, 0.1) is 0 Å².